The largest absolute Gasteiger partial charge is 0.439 e. The third-order valence-electron chi connectivity index (χ3n) is 8.21. The molecule has 0 saturated heterocycles. The Bertz CT molecular complexity index is 1410. The van der Waals surface area contributed by atoms with Gasteiger partial charge < -0.3 is 19.7 Å². The molecular weight excluding hydrogens is 486 g/mol. The van der Waals surface area contributed by atoms with Gasteiger partial charge in [0.25, 0.3) is 0 Å². The van der Waals surface area contributed by atoms with Crippen LogP contribution in [0.15, 0.2) is 26.2 Å². The molecule has 0 aliphatic heterocycles. The van der Waals surface area contributed by atoms with Crippen molar-refractivity contribution in [2.24, 2.45) is 17.8 Å². The molecule has 2 aliphatic carbocycles. The number of fused-ring (bicyclic) bond motifs is 1. The van der Waals surface area contributed by atoms with Crippen molar-refractivity contribution in [2.45, 2.75) is 77.8 Å². The number of nitrogens with zero attached hydrogens (tertiary/aromatic N) is 6. The molecule has 2 saturated carbocycles. The number of aromatic nitrogens is 7. The van der Waals surface area contributed by atoms with Gasteiger partial charge in [0.2, 0.25) is 17.6 Å². The van der Waals surface area contributed by atoms with Crippen LogP contribution in [0.5, 0.6) is 0 Å². The van der Waals surface area contributed by atoms with Crippen LogP contribution in [0.4, 0.5) is 11.8 Å². The zero-order valence-electron chi connectivity index (χ0n) is 21.9. The molecular formula is C26H35N9O3. The smallest absolute Gasteiger partial charge is 0.365 e. The summed E-state index contributed by atoms with van der Waals surface area (Å²) < 4.78 is 11.9. The first-order chi connectivity index (χ1) is 18.5. The number of imidazole rings is 1. The van der Waals surface area contributed by atoms with E-state index >= 15 is 0 Å². The van der Waals surface area contributed by atoms with Crippen LogP contribution in [0.1, 0.15) is 64.5 Å². The van der Waals surface area contributed by atoms with Crippen molar-refractivity contribution in [3.8, 4) is 11.6 Å². The zero-order chi connectivity index (χ0) is 26.1. The fourth-order valence-electron chi connectivity index (χ4n) is 5.59. The number of rotatable bonds is 10. The summed E-state index contributed by atoms with van der Waals surface area (Å²) in [6.07, 6.45) is 10.9. The minimum Gasteiger partial charge on any atom is -0.365 e. The van der Waals surface area contributed by atoms with Gasteiger partial charge in [-0.1, -0.05) is 36.5 Å². The molecule has 12 nitrogen and oxygen atoms in total. The SMILES string of the molecule is C[C@@H](Nc1nc(-c2noc(=O)[nH]2)nc2nc(NCCc3ccon3)n(C[C@H]3CC[C@H](C)CC3)c12)C1CCC1. The molecule has 0 amide bonds. The number of hydrogen-bond donors (Lipinski definition) is 3. The Hall–Kier alpha value is -3.70. The Balaban J connectivity index is 1.39. The van der Waals surface area contributed by atoms with Gasteiger partial charge >= 0.3 is 5.76 Å². The molecule has 38 heavy (non-hydrogen) atoms. The summed E-state index contributed by atoms with van der Waals surface area (Å²) in [4.78, 5) is 28.7. The van der Waals surface area contributed by atoms with Crippen LogP contribution in [-0.4, -0.2) is 47.4 Å². The standard InChI is InChI=1S/C26H35N9O3/c1-15-6-8-17(9-7-15)14-35-20-21(28-16(2)18-4-3-5-18)29-23(24-32-26(36)38-34-24)30-22(20)31-25(35)27-12-10-19-11-13-37-33-19/h11,13,15-18H,3-10,12,14H2,1-2H3,(H,32,34,36)(H2,27,28,29,30,31)/t15-,16-,17-/m1/s1. The maximum absolute atomic E-state index is 11.6. The predicted octanol–water partition coefficient (Wildman–Crippen LogP) is 4.24. The van der Waals surface area contributed by atoms with Crippen LogP contribution in [0.3, 0.4) is 0 Å². The molecule has 6 rings (SSSR count). The first kappa shape index (κ1) is 24.6. The van der Waals surface area contributed by atoms with Gasteiger partial charge in [-0.05, 0) is 50.4 Å². The predicted molar refractivity (Wildman–Crippen MR) is 142 cm³/mol. The molecule has 0 spiro atoms. The van der Waals surface area contributed by atoms with Crippen LogP contribution in [0.2, 0.25) is 0 Å². The van der Waals surface area contributed by atoms with E-state index in [1.807, 2.05) is 6.07 Å². The van der Waals surface area contributed by atoms with Gasteiger partial charge in [0.15, 0.2) is 11.5 Å². The highest BCUT2D eigenvalue weighted by atomic mass is 16.5. The molecule has 202 valence electrons. The van der Waals surface area contributed by atoms with Crippen molar-refractivity contribution in [1.29, 1.82) is 0 Å². The van der Waals surface area contributed by atoms with E-state index in [0.29, 0.717) is 36.3 Å². The average Bonchev–Trinajstić information content (AvgIpc) is 3.60. The van der Waals surface area contributed by atoms with Crippen LogP contribution in [-0.2, 0) is 13.0 Å². The Morgan fingerprint density at radius 2 is 1.97 bits per heavy atom. The number of anilines is 2. The lowest BCUT2D eigenvalue weighted by atomic mass is 9.80. The van der Waals surface area contributed by atoms with Crippen LogP contribution < -0.4 is 16.4 Å². The van der Waals surface area contributed by atoms with Gasteiger partial charge in [-0.3, -0.25) is 9.51 Å². The van der Waals surface area contributed by atoms with Crippen molar-refractivity contribution in [3.63, 3.8) is 0 Å². The van der Waals surface area contributed by atoms with Crippen molar-refractivity contribution in [1.82, 2.24) is 34.8 Å². The Labute approximate surface area is 220 Å². The molecule has 0 aromatic carbocycles. The Morgan fingerprint density at radius 3 is 2.66 bits per heavy atom. The van der Waals surface area contributed by atoms with E-state index in [2.05, 4.69) is 44.3 Å². The molecule has 4 aromatic rings. The highest BCUT2D eigenvalue weighted by molar-refractivity contribution is 5.87. The molecule has 1 atom stereocenters. The second-order valence-electron chi connectivity index (χ2n) is 11.0. The third-order valence-corrected chi connectivity index (χ3v) is 8.21. The lowest BCUT2D eigenvalue weighted by Gasteiger charge is -2.32. The number of H-pyrrole nitrogens is 1. The van der Waals surface area contributed by atoms with Gasteiger partial charge in [0.05, 0.1) is 5.69 Å². The monoisotopic (exact) mass is 521 g/mol. The van der Waals surface area contributed by atoms with Crippen LogP contribution in [0, 0.1) is 17.8 Å². The van der Waals surface area contributed by atoms with Crippen molar-refractivity contribution in [3.05, 3.63) is 28.6 Å². The van der Waals surface area contributed by atoms with Crippen molar-refractivity contribution in [2.75, 3.05) is 17.2 Å². The highest BCUT2D eigenvalue weighted by Crippen LogP contribution is 2.35. The molecule has 0 radical (unpaired) electrons. The summed E-state index contributed by atoms with van der Waals surface area (Å²) in [5, 5.41) is 15.0. The summed E-state index contributed by atoms with van der Waals surface area (Å²) in [5.41, 5.74) is 2.30. The first-order valence-corrected chi connectivity index (χ1v) is 13.8. The Kier molecular flexibility index (Phi) is 6.86. The molecule has 0 bridgehead atoms. The van der Waals surface area contributed by atoms with E-state index in [1.165, 1.54) is 44.9 Å². The molecule has 2 fully saturated rings. The third kappa shape index (κ3) is 5.16. The van der Waals surface area contributed by atoms with Gasteiger partial charge in [-0.15, -0.1) is 0 Å². The topological polar surface area (TPSA) is 153 Å². The van der Waals surface area contributed by atoms with E-state index in [0.717, 1.165) is 29.6 Å². The minimum atomic E-state index is -0.645. The normalized spacial score (nSPS) is 20.9. The van der Waals surface area contributed by atoms with Gasteiger partial charge in [-0.2, -0.15) is 4.98 Å². The number of aromatic amines is 1. The summed E-state index contributed by atoms with van der Waals surface area (Å²) in [6, 6.07) is 2.11. The van der Waals surface area contributed by atoms with Crippen LogP contribution in [0.25, 0.3) is 22.8 Å². The summed E-state index contributed by atoms with van der Waals surface area (Å²) in [5.74, 6) is 3.21. The van der Waals surface area contributed by atoms with Gasteiger partial charge in [0.1, 0.15) is 11.8 Å². The van der Waals surface area contributed by atoms with E-state index in [1.54, 1.807) is 6.26 Å². The van der Waals surface area contributed by atoms with Crippen molar-refractivity contribution >= 4 is 22.9 Å². The molecule has 3 N–H and O–H groups in total. The lowest BCUT2D eigenvalue weighted by Crippen LogP contribution is -2.31. The van der Waals surface area contributed by atoms with E-state index in [4.69, 9.17) is 24.0 Å². The van der Waals surface area contributed by atoms with Gasteiger partial charge in [-0.25, -0.2) is 14.8 Å². The fourth-order valence-corrected chi connectivity index (χ4v) is 5.59. The van der Waals surface area contributed by atoms with Crippen LogP contribution >= 0.6 is 0 Å². The Morgan fingerprint density at radius 1 is 1.13 bits per heavy atom. The molecule has 4 heterocycles. The second-order valence-corrected chi connectivity index (χ2v) is 11.0. The average molecular weight is 522 g/mol. The van der Waals surface area contributed by atoms with Crippen molar-refractivity contribution < 1.29 is 9.05 Å². The van der Waals surface area contributed by atoms with Gasteiger partial charge in [0, 0.05) is 31.6 Å². The van der Waals surface area contributed by atoms with E-state index < -0.39 is 5.76 Å². The molecule has 12 heteroatoms. The maximum Gasteiger partial charge on any atom is 0.439 e. The summed E-state index contributed by atoms with van der Waals surface area (Å²) >= 11 is 0. The van der Waals surface area contributed by atoms with E-state index in [-0.39, 0.29) is 17.7 Å². The minimum absolute atomic E-state index is 0.188. The quantitative estimate of drug-likeness (QED) is 0.276. The number of hydrogen-bond acceptors (Lipinski definition) is 10. The molecule has 0 unspecified atom stereocenters. The highest BCUT2D eigenvalue weighted by Gasteiger charge is 2.28. The first-order valence-electron chi connectivity index (χ1n) is 13.8. The maximum atomic E-state index is 11.6. The van der Waals surface area contributed by atoms with E-state index in [9.17, 15) is 4.79 Å². The fraction of sp³-hybridized carbons (Fsp3) is 0.615. The molecule has 4 aromatic heterocycles. The summed E-state index contributed by atoms with van der Waals surface area (Å²) in [6.45, 7) is 6.03. The number of nitrogens with one attached hydrogen (secondary N) is 3. The second kappa shape index (κ2) is 10.6. The zero-order valence-corrected chi connectivity index (χ0v) is 21.9. The lowest BCUT2D eigenvalue weighted by molar-refractivity contribution is 0.267. The summed E-state index contributed by atoms with van der Waals surface area (Å²) in [7, 11) is 0. The molecule has 2 aliphatic rings.